The molecule has 4 N–H and O–H groups in total. The molecule has 0 saturated heterocycles. The van der Waals surface area contributed by atoms with Crippen molar-refractivity contribution in [3.8, 4) is 11.5 Å². The summed E-state index contributed by atoms with van der Waals surface area (Å²) in [6.07, 6.45) is 3.88. The van der Waals surface area contributed by atoms with Crippen LogP contribution in [0.4, 0.5) is 10.5 Å². The van der Waals surface area contributed by atoms with E-state index in [-0.39, 0.29) is 18.6 Å². The van der Waals surface area contributed by atoms with Crippen molar-refractivity contribution in [2.75, 3.05) is 19.0 Å². The fourth-order valence-corrected chi connectivity index (χ4v) is 2.61. The minimum atomic E-state index is -0.625. The van der Waals surface area contributed by atoms with Crippen LogP contribution in [0.2, 0.25) is 0 Å². The second kappa shape index (κ2) is 10.0. The van der Waals surface area contributed by atoms with Crippen molar-refractivity contribution >= 4 is 23.7 Å². The molecule has 0 aromatic heterocycles. The Hall–Kier alpha value is -3.48. The molecule has 7 heteroatoms. The van der Waals surface area contributed by atoms with Crippen molar-refractivity contribution in [1.29, 1.82) is 0 Å². The number of rotatable bonds is 8. The first-order chi connectivity index (χ1) is 13.4. The topological polar surface area (TPSA) is 103 Å². The van der Waals surface area contributed by atoms with Gasteiger partial charge in [-0.15, -0.1) is 0 Å². The van der Waals surface area contributed by atoms with Crippen LogP contribution in [0.1, 0.15) is 31.0 Å². The normalized spacial score (nSPS) is 11.7. The Morgan fingerprint density at radius 2 is 1.86 bits per heavy atom. The summed E-state index contributed by atoms with van der Waals surface area (Å²) in [4.78, 5) is 23.1. The quantitative estimate of drug-likeness (QED) is 0.649. The van der Waals surface area contributed by atoms with Crippen molar-refractivity contribution < 1.29 is 19.1 Å². The highest BCUT2D eigenvalue weighted by Gasteiger charge is 2.12. The van der Waals surface area contributed by atoms with Crippen LogP contribution in [0.25, 0.3) is 6.08 Å². The second-order valence-corrected chi connectivity index (χ2v) is 6.10. The third kappa shape index (κ3) is 6.05. The lowest BCUT2D eigenvalue weighted by Crippen LogP contribution is -2.31. The van der Waals surface area contributed by atoms with Gasteiger partial charge in [0, 0.05) is 5.69 Å². The van der Waals surface area contributed by atoms with Crippen LogP contribution >= 0.6 is 0 Å². The van der Waals surface area contributed by atoms with E-state index in [1.54, 1.807) is 37.4 Å². The lowest BCUT2D eigenvalue weighted by molar-refractivity contribution is -0.123. The Bertz CT molecular complexity index is 847. The van der Waals surface area contributed by atoms with Gasteiger partial charge in [0.2, 0.25) is 0 Å². The molecule has 7 nitrogen and oxygen atoms in total. The molecule has 2 rings (SSSR count). The maximum absolute atomic E-state index is 12.2. The first-order valence-corrected chi connectivity index (χ1v) is 8.82. The molecule has 2 aromatic rings. The Kier molecular flexibility index (Phi) is 7.45. The van der Waals surface area contributed by atoms with Gasteiger partial charge in [-0.3, -0.25) is 4.79 Å². The van der Waals surface area contributed by atoms with E-state index in [9.17, 15) is 9.59 Å². The van der Waals surface area contributed by atoms with E-state index in [1.807, 2.05) is 38.1 Å². The molecule has 0 bridgehead atoms. The third-order valence-corrected chi connectivity index (χ3v) is 3.96. The first kappa shape index (κ1) is 20.8. The van der Waals surface area contributed by atoms with Crippen LogP contribution in [0.15, 0.2) is 48.5 Å². The number of hydrogen-bond donors (Lipinski definition) is 3. The molecule has 2 aromatic carbocycles. The maximum Gasteiger partial charge on any atom is 0.316 e. The number of hydrogen-bond acceptors (Lipinski definition) is 4. The smallest absolute Gasteiger partial charge is 0.316 e. The minimum absolute atomic E-state index is 0.134. The van der Waals surface area contributed by atoms with Crippen molar-refractivity contribution in [2.45, 2.75) is 19.9 Å². The predicted molar refractivity (Wildman–Crippen MR) is 109 cm³/mol. The molecule has 0 aliphatic rings. The van der Waals surface area contributed by atoms with E-state index in [0.29, 0.717) is 17.2 Å². The highest BCUT2D eigenvalue weighted by molar-refractivity contribution is 5.87. The monoisotopic (exact) mass is 383 g/mol. The molecule has 0 saturated carbocycles. The van der Waals surface area contributed by atoms with Gasteiger partial charge in [0.05, 0.1) is 13.2 Å². The molecule has 3 amide bonds. The zero-order valence-electron chi connectivity index (χ0n) is 16.2. The summed E-state index contributed by atoms with van der Waals surface area (Å²) in [5.41, 5.74) is 7.54. The number of nitrogens with two attached hydrogens (primary N) is 1. The summed E-state index contributed by atoms with van der Waals surface area (Å²) in [5, 5.41) is 5.36. The van der Waals surface area contributed by atoms with Crippen LogP contribution in [-0.4, -0.2) is 25.7 Å². The minimum Gasteiger partial charge on any atom is -0.493 e. The Labute approximate surface area is 164 Å². The SMILES string of the molecule is CC=Cc1ccc(OCC(=O)NC(C)c2ccc(NC(N)=O)cc2)c(OC)c1. The number of anilines is 1. The van der Waals surface area contributed by atoms with Crippen molar-refractivity contribution in [1.82, 2.24) is 5.32 Å². The molecule has 0 aliphatic carbocycles. The lowest BCUT2D eigenvalue weighted by atomic mass is 10.1. The number of benzene rings is 2. The van der Waals surface area contributed by atoms with E-state index in [0.717, 1.165) is 11.1 Å². The summed E-state index contributed by atoms with van der Waals surface area (Å²) in [7, 11) is 1.56. The zero-order valence-corrected chi connectivity index (χ0v) is 16.2. The third-order valence-electron chi connectivity index (χ3n) is 3.96. The molecule has 0 aliphatic heterocycles. The van der Waals surface area contributed by atoms with Crippen molar-refractivity contribution in [2.24, 2.45) is 5.73 Å². The van der Waals surface area contributed by atoms with Gasteiger partial charge in [0.25, 0.3) is 5.91 Å². The van der Waals surface area contributed by atoms with Gasteiger partial charge in [-0.25, -0.2) is 4.79 Å². The van der Waals surface area contributed by atoms with Gasteiger partial charge in [-0.2, -0.15) is 0 Å². The Morgan fingerprint density at radius 1 is 1.14 bits per heavy atom. The molecule has 148 valence electrons. The molecule has 0 fully saturated rings. The van der Waals surface area contributed by atoms with E-state index in [2.05, 4.69) is 10.6 Å². The Morgan fingerprint density at radius 3 is 2.46 bits per heavy atom. The first-order valence-electron chi connectivity index (χ1n) is 8.82. The van der Waals surface area contributed by atoms with E-state index in [4.69, 9.17) is 15.2 Å². The standard InChI is InChI=1S/C21H25N3O4/c1-4-5-15-6-11-18(19(12-15)27-3)28-13-20(25)23-14(2)16-7-9-17(10-8-16)24-21(22)26/h4-12,14H,13H2,1-3H3,(H,23,25)(H3,22,24,26). The zero-order chi connectivity index (χ0) is 20.5. The molecule has 0 heterocycles. The molecule has 0 spiro atoms. The predicted octanol–water partition coefficient (Wildman–Crippen LogP) is 3.48. The highest BCUT2D eigenvalue weighted by Crippen LogP contribution is 2.28. The number of primary amides is 1. The average molecular weight is 383 g/mol. The summed E-state index contributed by atoms with van der Waals surface area (Å²) in [5.74, 6) is 0.806. The molecule has 28 heavy (non-hydrogen) atoms. The number of ether oxygens (including phenoxy) is 2. The molecular weight excluding hydrogens is 358 g/mol. The van der Waals surface area contributed by atoms with Gasteiger partial charge in [0.15, 0.2) is 18.1 Å². The molecular formula is C21H25N3O4. The van der Waals surface area contributed by atoms with E-state index >= 15 is 0 Å². The van der Waals surface area contributed by atoms with Crippen molar-refractivity contribution in [3.05, 3.63) is 59.7 Å². The maximum atomic E-state index is 12.2. The van der Waals surface area contributed by atoms with Gasteiger partial charge in [-0.1, -0.05) is 30.4 Å². The Balaban J connectivity index is 1.92. The van der Waals surface area contributed by atoms with Crippen LogP contribution in [-0.2, 0) is 4.79 Å². The summed E-state index contributed by atoms with van der Waals surface area (Å²) >= 11 is 0. The van der Waals surface area contributed by atoms with Gasteiger partial charge in [0.1, 0.15) is 0 Å². The van der Waals surface area contributed by atoms with Crippen LogP contribution in [0.3, 0.4) is 0 Å². The fourth-order valence-electron chi connectivity index (χ4n) is 2.61. The van der Waals surface area contributed by atoms with Gasteiger partial charge >= 0.3 is 6.03 Å². The molecule has 1 atom stereocenters. The van der Waals surface area contributed by atoms with Gasteiger partial charge < -0.3 is 25.8 Å². The van der Waals surface area contributed by atoms with Gasteiger partial charge in [-0.05, 0) is 49.2 Å². The van der Waals surface area contributed by atoms with Crippen molar-refractivity contribution in [3.63, 3.8) is 0 Å². The molecule has 1 unspecified atom stereocenters. The number of allylic oxidation sites excluding steroid dienone is 1. The number of amides is 3. The summed E-state index contributed by atoms with van der Waals surface area (Å²) < 4.78 is 10.9. The number of methoxy groups -OCH3 is 1. The summed E-state index contributed by atoms with van der Waals surface area (Å²) in [6, 6.07) is 11.7. The number of carbonyl (C=O) groups is 2. The number of nitrogens with one attached hydrogen (secondary N) is 2. The highest BCUT2D eigenvalue weighted by atomic mass is 16.5. The molecule has 0 radical (unpaired) electrons. The lowest BCUT2D eigenvalue weighted by Gasteiger charge is -2.16. The summed E-state index contributed by atoms with van der Waals surface area (Å²) in [6.45, 7) is 3.66. The number of urea groups is 1. The number of carbonyl (C=O) groups excluding carboxylic acids is 2. The second-order valence-electron chi connectivity index (χ2n) is 6.10. The van der Waals surface area contributed by atoms with E-state index < -0.39 is 6.03 Å². The van der Waals surface area contributed by atoms with Crippen LogP contribution < -0.4 is 25.8 Å². The average Bonchev–Trinajstić information content (AvgIpc) is 2.67. The van der Waals surface area contributed by atoms with Crippen LogP contribution in [0.5, 0.6) is 11.5 Å². The fraction of sp³-hybridized carbons (Fsp3) is 0.238. The van der Waals surface area contributed by atoms with E-state index in [1.165, 1.54) is 0 Å². The van der Waals surface area contributed by atoms with Crippen LogP contribution in [0, 0.1) is 0 Å². The largest absolute Gasteiger partial charge is 0.493 e.